The predicted octanol–water partition coefficient (Wildman–Crippen LogP) is -0.501. The number of piperazine rings is 1. The molecule has 1 aliphatic heterocycles. The molecule has 0 radical (unpaired) electrons. The van der Waals surface area contributed by atoms with Crippen LogP contribution in [0.25, 0.3) is 0 Å². The molecule has 2 amide bonds. The second-order valence-electron chi connectivity index (χ2n) is 4.87. The van der Waals surface area contributed by atoms with Crippen LogP contribution in [0.1, 0.15) is 13.8 Å². The first-order valence-corrected chi connectivity index (χ1v) is 7.45. The highest BCUT2D eigenvalue weighted by Gasteiger charge is 2.49. The van der Waals surface area contributed by atoms with Crippen molar-refractivity contribution in [1.29, 1.82) is 0 Å². The maximum atomic E-state index is 12.6. The summed E-state index contributed by atoms with van der Waals surface area (Å²) in [6.07, 6.45) is 1.19. The zero-order chi connectivity index (χ0) is 15.3. The average molecular weight is 321 g/mol. The molecule has 110 valence electrons. The summed E-state index contributed by atoms with van der Waals surface area (Å²) in [5.41, 5.74) is -1.40. The normalized spacial score (nSPS) is 20.0. The van der Waals surface area contributed by atoms with Gasteiger partial charge >= 0.3 is 0 Å². The molecule has 0 saturated carbocycles. The predicted molar refractivity (Wildman–Crippen MR) is 69.3 cm³/mol. The molecule has 1 aromatic heterocycles. The number of amides is 2. The summed E-state index contributed by atoms with van der Waals surface area (Å²) in [7, 11) is -2.72. The van der Waals surface area contributed by atoms with Gasteiger partial charge in [0.1, 0.15) is 5.54 Å². The van der Waals surface area contributed by atoms with Crippen LogP contribution in [-0.4, -0.2) is 46.4 Å². The summed E-state index contributed by atoms with van der Waals surface area (Å²) in [5.74, 6) is -1.37. The third-order valence-electron chi connectivity index (χ3n) is 3.10. The highest BCUT2D eigenvalue weighted by molar-refractivity contribution is 7.89. The fraction of sp³-hybridized carbons (Fsp3) is 0.500. The van der Waals surface area contributed by atoms with E-state index >= 15 is 0 Å². The molecule has 2 heterocycles. The topological polar surface area (TPSA) is 101 Å². The Hall–Kier alpha value is -1.45. The van der Waals surface area contributed by atoms with Crippen LogP contribution in [0.4, 0.5) is 0 Å². The number of aromatic nitrogens is 2. The van der Waals surface area contributed by atoms with E-state index in [2.05, 4.69) is 10.4 Å². The molecule has 0 aliphatic carbocycles. The van der Waals surface area contributed by atoms with Crippen molar-refractivity contribution in [2.75, 3.05) is 6.54 Å². The van der Waals surface area contributed by atoms with Crippen LogP contribution in [0.3, 0.4) is 0 Å². The number of sulfonamides is 1. The molecule has 10 heteroatoms. The average Bonchev–Trinajstić information content (AvgIpc) is 2.64. The molecule has 1 saturated heterocycles. The van der Waals surface area contributed by atoms with Crippen LogP contribution >= 0.6 is 11.6 Å². The fourth-order valence-corrected chi connectivity index (χ4v) is 4.26. The lowest BCUT2D eigenvalue weighted by Gasteiger charge is -2.38. The Balaban J connectivity index is 2.59. The van der Waals surface area contributed by atoms with Crippen LogP contribution in [0.15, 0.2) is 11.2 Å². The Bertz CT molecular complexity index is 675. The van der Waals surface area contributed by atoms with Crippen LogP contribution in [0.5, 0.6) is 0 Å². The summed E-state index contributed by atoms with van der Waals surface area (Å²) < 4.78 is 27.2. The maximum Gasteiger partial charge on any atom is 0.263 e. The first-order valence-electron chi connectivity index (χ1n) is 5.63. The number of hydrogen-bond donors (Lipinski definition) is 1. The molecule has 20 heavy (non-hydrogen) atoms. The summed E-state index contributed by atoms with van der Waals surface area (Å²) >= 11 is 5.84. The van der Waals surface area contributed by atoms with Crippen LogP contribution in [0.2, 0.25) is 5.02 Å². The number of rotatable bonds is 2. The molecule has 8 nitrogen and oxygen atoms in total. The molecular weight excluding hydrogens is 308 g/mol. The van der Waals surface area contributed by atoms with Crippen molar-refractivity contribution >= 4 is 33.4 Å². The van der Waals surface area contributed by atoms with Crippen molar-refractivity contribution in [2.24, 2.45) is 7.05 Å². The van der Waals surface area contributed by atoms with Gasteiger partial charge in [0.05, 0.1) is 17.8 Å². The number of carbonyl (C=O) groups excluding carboxylic acids is 2. The Kier molecular flexibility index (Phi) is 3.39. The molecular formula is C10H13ClN4O4S. The number of nitrogens with zero attached hydrogens (tertiary/aromatic N) is 3. The Morgan fingerprint density at radius 2 is 2.00 bits per heavy atom. The van der Waals surface area contributed by atoms with Crippen molar-refractivity contribution in [3.05, 3.63) is 11.2 Å². The van der Waals surface area contributed by atoms with Crippen molar-refractivity contribution in [3.8, 4) is 0 Å². The smallest absolute Gasteiger partial charge is 0.263 e. The minimum atomic E-state index is -4.13. The number of hydrogen-bond acceptors (Lipinski definition) is 5. The molecule has 0 aromatic carbocycles. The van der Waals surface area contributed by atoms with E-state index in [1.54, 1.807) is 0 Å². The van der Waals surface area contributed by atoms with Crippen LogP contribution in [-0.2, 0) is 26.7 Å². The van der Waals surface area contributed by atoms with Gasteiger partial charge < -0.3 is 0 Å². The van der Waals surface area contributed by atoms with E-state index in [4.69, 9.17) is 11.6 Å². The monoisotopic (exact) mass is 320 g/mol. The van der Waals surface area contributed by atoms with Gasteiger partial charge in [-0.05, 0) is 13.8 Å². The zero-order valence-corrected chi connectivity index (χ0v) is 12.6. The van der Waals surface area contributed by atoms with E-state index in [0.717, 1.165) is 8.99 Å². The quantitative estimate of drug-likeness (QED) is 0.740. The lowest BCUT2D eigenvalue weighted by atomic mass is 10.0. The van der Waals surface area contributed by atoms with E-state index in [9.17, 15) is 18.0 Å². The van der Waals surface area contributed by atoms with Gasteiger partial charge in [-0.25, -0.2) is 8.42 Å². The van der Waals surface area contributed by atoms with Crippen LogP contribution < -0.4 is 5.32 Å². The maximum absolute atomic E-state index is 12.6. The molecule has 0 atom stereocenters. The Morgan fingerprint density at radius 1 is 1.40 bits per heavy atom. The highest BCUT2D eigenvalue weighted by Crippen LogP contribution is 2.30. The first kappa shape index (κ1) is 14.9. The second kappa shape index (κ2) is 4.54. The van der Waals surface area contributed by atoms with E-state index in [0.29, 0.717) is 0 Å². The Morgan fingerprint density at radius 3 is 2.50 bits per heavy atom. The van der Waals surface area contributed by atoms with Crippen molar-refractivity contribution in [2.45, 2.75) is 24.4 Å². The molecule has 0 bridgehead atoms. The van der Waals surface area contributed by atoms with Gasteiger partial charge in [0.15, 0.2) is 5.03 Å². The summed E-state index contributed by atoms with van der Waals surface area (Å²) in [6, 6.07) is 0. The van der Waals surface area contributed by atoms with Gasteiger partial charge in [-0.15, -0.1) is 0 Å². The zero-order valence-electron chi connectivity index (χ0n) is 11.0. The van der Waals surface area contributed by atoms with Gasteiger partial charge in [-0.2, -0.15) is 9.40 Å². The van der Waals surface area contributed by atoms with Crippen molar-refractivity contribution < 1.29 is 18.0 Å². The molecule has 1 aliphatic rings. The van der Waals surface area contributed by atoms with Gasteiger partial charge in [-0.3, -0.25) is 19.6 Å². The summed E-state index contributed by atoms with van der Waals surface area (Å²) in [4.78, 5) is 23.3. The third kappa shape index (κ3) is 2.11. The molecule has 2 rings (SSSR count). The van der Waals surface area contributed by atoms with Gasteiger partial charge in [-0.1, -0.05) is 11.6 Å². The second-order valence-corrected chi connectivity index (χ2v) is 7.05. The number of nitrogens with one attached hydrogen (secondary N) is 1. The van der Waals surface area contributed by atoms with E-state index in [1.165, 1.54) is 27.1 Å². The molecule has 1 aromatic rings. The van der Waals surface area contributed by atoms with Gasteiger partial charge in [0, 0.05) is 7.05 Å². The molecule has 1 N–H and O–H groups in total. The fourth-order valence-electron chi connectivity index (χ4n) is 1.94. The molecule has 0 unspecified atom stereocenters. The summed E-state index contributed by atoms with van der Waals surface area (Å²) in [6.45, 7) is 2.37. The summed E-state index contributed by atoms with van der Waals surface area (Å²) in [5, 5.41) is 5.54. The first-order chi connectivity index (χ1) is 9.08. The van der Waals surface area contributed by atoms with E-state index in [1.807, 2.05) is 0 Å². The van der Waals surface area contributed by atoms with Gasteiger partial charge in [0.2, 0.25) is 11.8 Å². The number of carbonyl (C=O) groups is 2. The standard InChI is InChI=1S/C10H13ClN4O4S/c1-10(2)9(17)13-7(16)5-15(10)20(18,19)8-6(11)4-12-14(8)3/h4H,5H2,1-3H3,(H,13,16,17). The lowest BCUT2D eigenvalue weighted by Crippen LogP contribution is -2.65. The third-order valence-corrected chi connectivity index (χ3v) is 5.62. The minimum absolute atomic E-state index is 0.0678. The largest absolute Gasteiger partial charge is 0.294 e. The lowest BCUT2D eigenvalue weighted by molar-refractivity contribution is -0.141. The van der Waals surface area contributed by atoms with Crippen molar-refractivity contribution in [3.63, 3.8) is 0 Å². The molecule has 0 spiro atoms. The minimum Gasteiger partial charge on any atom is -0.294 e. The highest BCUT2D eigenvalue weighted by atomic mass is 35.5. The van der Waals surface area contributed by atoms with Crippen LogP contribution in [0, 0.1) is 0 Å². The molecule has 1 fully saturated rings. The number of imide groups is 1. The van der Waals surface area contributed by atoms with Crippen molar-refractivity contribution in [1.82, 2.24) is 19.4 Å². The van der Waals surface area contributed by atoms with E-state index in [-0.39, 0.29) is 10.0 Å². The Labute approximate surface area is 120 Å². The van der Waals surface area contributed by atoms with Gasteiger partial charge in [0.25, 0.3) is 10.0 Å². The number of halogens is 1. The SMILES string of the molecule is Cn1ncc(Cl)c1S(=O)(=O)N1CC(=O)NC(=O)C1(C)C. The number of aryl methyl sites for hydroxylation is 1. The van der Waals surface area contributed by atoms with E-state index < -0.39 is 33.9 Å².